The van der Waals surface area contributed by atoms with Gasteiger partial charge in [-0.15, -0.1) is 0 Å². The number of carbonyl (C=O) groups excluding carboxylic acids is 1. The summed E-state index contributed by atoms with van der Waals surface area (Å²) in [5.74, 6) is 0. The summed E-state index contributed by atoms with van der Waals surface area (Å²) in [6.45, 7) is 9.81. The molecule has 4 heteroatoms. The smallest absolute Gasteiger partial charge is 0.410 e. The van der Waals surface area contributed by atoms with Crippen molar-refractivity contribution in [3.8, 4) is 0 Å². The number of hydrogen-bond donors (Lipinski definition) is 1. The van der Waals surface area contributed by atoms with E-state index in [9.17, 15) is 9.90 Å². The molecular weight excluding hydrogens is 266 g/mol. The number of aliphatic hydroxyl groups is 1. The number of amides is 1. The van der Waals surface area contributed by atoms with Gasteiger partial charge in [0.2, 0.25) is 0 Å². The third-order valence-electron chi connectivity index (χ3n) is 3.16. The fourth-order valence-electron chi connectivity index (χ4n) is 1.84. The monoisotopic (exact) mass is 293 g/mol. The number of benzene rings is 1. The zero-order valence-corrected chi connectivity index (χ0v) is 13.7. The molecule has 0 saturated carbocycles. The molecule has 1 aromatic rings. The van der Waals surface area contributed by atoms with E-state index in [-0.39, 0.29) is 6.54 Å². The molecule has 0 aromatic heterocycles. The van der Waals surface area contributed by atoms with Crippen molar-refractivity contribution in [2.45, 2.75) is 58.8 Å². The highest BCUT2D eigenvalue weighted by molar-refractivity contribution is 5.68. The van der Waals surface area contributed by atoms with Crippen LogP contribution < -0.4 is 0 Å². The second kappa shape index (κ2) is 6.94. The van der Waals surface area contributed by atoms with Gasteiger partial charge in [0.15, 0.2) is 0 Å². The van der Waals surface area contributed by atoms with Gasteiger partial charge in [-0.05, 0) is 39.7 Å². The lowest BCUT2D eigenvalue weighted by Gasteiger charge is -2.32. The Labute approximate surface area is 127 Å². The highest BCUT2D eigenvalue weighted by Gasteiger charge is 2.28. The van der Waals surface area contributed by atoms with Crippen molar-refractivity contribution in [1.29, 1.82) is 0 Å². The lowest BCUT2D eigenvalue weighted by Crippen LogP contribution is -2.45. The van der Waals surface area contributed by atoms with Gasteiger partial charge in [0.05, 0.1) is 12.1 Å². The first kappa shape index (κ1) is 17.5. The molecule has 118 valence electrons. The molecule has 1 unspecified atom stereocenters. The zero-order valence-electron chi connectivity index (χ0n) is 13.7. The van der Waals surface area contributed by atoms with Crippen molar-refractivity contribution in [1.82, 2.24) is 4.90 Å². The second-order valence-electron chi connectivity index (χ2n) is 6.67. The molecule has 0 saturated heterocycles. The van der Waals surface area contributed by atoms with E-state index in [2.05, 4.69) is 0 Å². The maximum Gasteiger partial charge on any atom is 0.410 e. The largest absolute Gasteiger partial charge is 0.444 e. The van der Waals surface area contributed by atoms with Crippen molar-refractivity contribution in [3.63, 3.8) is 0 Å². The minimum absolute atomic E-state index is 0.243. The summed E-state index contributed by atoms with van der Waals surface area (Å²) in [5, 5.41) is 10.3. The first-order valence-electron chi connectivity index (χ1n) is 7.37. The molecule has 1 aromatic carbocycles. The third-order valence-corrected chi connectivity index (χ3v) is 3.16. The highest BCUT2D eigenvalue weighted by Crippen LogP contribution is 2.17. The van der Waals surface area contributed by atoms with E-state index in [1.165, 1.54) is 0 Å². The van der Waals surface area contributed by atoms with Gasteiger partial charge in [-0.1, -0.05) is 37.3 Å². The van der Waals surface area contributed by atoms with Crippen LogP contribution in [-0.2, 0) is 11.3 Å². The summed E-state index contributed by atoms with van der Waals surface area (Å²) in [5.41, 5.74) is -0.467. The zero-order chi connectivity index (χ0) is 16.1. The maximum absolute atomic E-state index is 12.3. The number of rotatable bonds is 5. The molecule has 0 radical (unpaired) electrons. The topological polar surface area (TPSA) is 49.8 Å². The Morgan fingerprint density at radius 1 is 1.19 bits per heavy atom. The minimum Gasteiger partial charge on any atom is -0.444 e. The summed E-state index contributed by atoms with van der Waals surface area (Å²) < 4.78 is 5.44. The van der Waals surface area contributed by atoms with Gasteiger partial charge in [0, 0.05) is 6.54 Å². The van der Waals surface area contributed by atoms with Crippen LogP contribution in [0.4, 0.5) is 4.79 Å². The average Bonchev–Trinajstić information content (AvgIpc) is 2.37. The van der Waals surface area contributed by atoms with Crippen molar-refractivity contribution in [2.24, 2.45) is 0 Å². The molecule has 1 amide bonds. The maximum atomic E-state index is 12.3. The van der Waals surface area contributed by atoms with Gasteiger partial charge in [0.25, 0.3) is 0 Å². The summed E-state index contributed by atoms with van der Waals surface area (Å²) in [4.78, 5) is 13.9. The Kier molecular flexibility index (Phi) is 5.78. The average molecular weight is 293 g/mol. The summed E-state index contributed by atoms with van der Waals surface area (Å²) >= 11 is 0. The van der Waals surface area contributed by atoms with Gasteiger partial charge < -0.3 is 14.7 Å². The molecule has 0 fully saturated rings. The summed E-state index contributed by atoms with van der Waals surface area (Å²) in [6, 6.07) is 9.71. The molecule has 0 aliphatic carbocycles. The van der Waals surface area contributed by atoms with Crippen LogP contribution in [0.25, 0.3) is 0 Å². The number of hydrogen-bond acceptors (Lipinski definition) is 3. The molecule has 0 aliphatic rings. The molecule has 0 bridgehead atoms. The molecule has 0 spiro atoms. The predicted molar refractivity (Wildman–Crippen MR) is 84.0 cm³/mol. The Morgan fingerprint density at radius 3 is 2.24 bits per heavy atom. The molecule has 1 rings (SSSR count). The standard InChI is InChI=1S/C17H27NO3/c1-6-17(5,20)13-18(15(19)21-16(2,3)4)12-14-10-8-7-9-11-14/h7-11,20H,6,12-13H2,1-5H3. The van der Waals surface area contributed by atoms with Crippen LogP contribution in [0.1, 0.15) is 46.6 Å². The molecular formula is C17H27NO3. The van der Waals surface area contributed by atoms with Gasteiger partial charge >= 0.3 is 6.09 Å². The Morgan fingerprint density at radius 2 is 1.76 bits per heavy atom. The lowest BCUT2D eigenvalue weighted by molar-refractivity contribution is -0.0137. The Balaban J connectivity index is 2.86. The van der Waals surface area contributed by atoms with E-state index in [1.54, 1.807) is 11.8 Å². The highest BCUT2D eigenvalue weighted by atomic mass is 16.6. The third kappa shape index (κ3) is 6.63. The number of carbonyl (C=O) groups is 1. The Hall–Kier alpha value is -1.55. The van der Waals surface area contributed by atoms with Gasteiger partial charge in [-0.3, -0.25) is 0 Å². The molecule has 1 atom stereocenters. The van der Waals surface area contributed by atoms with E-state index < -0.39 is 17.3 Å². The van der Waals surface area contributed by atoms with E-state index in [1.807, 2.05) is 58.0 Å². The Bertz CT molecular complexity index is 449. The molecule has 4 nitrogen and oxygen atoms in total. The van der Waals surface area contributed by atoms with E-state index in [4.69, 9.17) is 4.74 Å². The van der Waals surface area contributed by atoms with E-state index in [0.717, 1.165) is 5.56 Å². The fourth-order valence-corrected chi connectivity index (χ4v) is 1.84. The second-order valence-corrected chi connectivity index (χ2v) is 6.67. The van der Waals surface area contributed by atoms with Crippen LogP contribution in [0.3, 0.4) is 0 Å². The van der Waals surface area contributed by atoms with Gasteiger partial charge in [0.1, 0.15) is 5.60 Å². The van der Waals surface area contributed by atoms with Gasteiger partial charge in [-0.25, -0.2) is 4.79 Å². The quantitative estimate of drug-likeness (QED) is 0.902. The molecule has 0 heterocycles. The van der Waals surface area contributed by atoms with Crippen molar-refractivity contribution >= 4 is 6.09 Å². The molecule has 1 N–H and O–H groups in total. The number of nitrogens with zero attached hydrogens (tertiary/aromatic N) is 1. The van der Waals surface area contributed by atoms with E-state index >= 15 is 0 Å². The SMILES string of the molecule is CCC(C)(O)CN(Cc1ccccc1)C(=O)OC(C)(C)C. The van der Waals surface area contributed by atoms with Crippen LogP contribution in [0.15, 0.2) is 30.3 Å². The first-order chi connectivity index (χ1) is 9.63. The van der Waals surface area contributed by atoms with Crippen LogP contribution in [0.5, 0.6) is 0 Å². The van der Waals surface area contributed by atoms with Crippen molar-refractivity contribution in [3.05, 3.63) is 35.9 Å². The van der Waals surface area contributed by atoms with Crippen LogP contribution >= 0.6 is 0 Å². The van der Waals surface area contributed by atoms with Crippen LogP contribution in [-0.4, -0.2) is 33.8 Å². The predicted octanol–water partition coefficient (Wildman–Crippen LogP) is 3.58. The van der Waals surface area contributed by atoms with Crippen LogP contribution in [0, 0.1) is 0 Å². The van der Waals surface area contributed by atoms with Gasteiger partial charge in [-0.2, -0.15) is 0 Å². The van der Waals surface area contributed by atoms with E-state index in [0.29, 0.717) is 13.0 Å². The number of ether oxygens (including phenoxy) is 1. The van der Waals surface area contributed by atoms with Crippen LogP contribution in [0.2, 0.25) is 0 Å². The molecule has 0 aliphatic heterocycles. The molecule has 21 heavy (non-hydrogen) atoms. The van der Waals surface area contributed by atoms with Crippen molar-refractivity contribution < 1.29 is 14.6 Å². The first-order valence-corrected chi connectivity index (χ1v) is 7.37. The minimum atomic E-state index is -0.925. The summed E-state index contributed by atoms with van der Waals surface area (Å²) in [6.07, 6.45) is 0.168. The fraction of sp³-hybridized carbons (Fsp3) is 0.588. The summed E-state index contributed by atoms with van der Waals surface area (Å²) in [7, 11) is 0. The van der Waals surface area contributed by atoms with Crippen molar-refractivity contribution in [2.75, 3.05) is 6.54 Å². The lowest BCUT2D eigenvalue weighted by atomic mass is 10.0. The normalized spacial score (nSPS) is 14.4.